The molecule has 17 heteroatoms. The lowest BCUT2D eigenvalue weighted by atomic mass is 9.88. The number of nitrogens with one attached hydrogen (secondary N) is 1. The van der Waals surface area contributed by atoms with Crippen molar-refractivity contribution in [3.8, 4) is 0 Å². The molecule has 0 heterocycles. The van der Waals surface area contributed by atoms with Crippen molar-refractivity contribution in [2.75, 3.05) is 32.9 Å². The molecule has 0 radical (unpaired) electrons. The highest BCUT2D eigenvalue weighted by atomic mass is 32.2. The third kappa shape index (κ3) is 8.59. The predicted octanol–water partition coefficient (Wildman–Crippen LogP) is 2.51. The molecule has 0 bridgehead atoms. The highest BCUT2D eigenvalue weighted by Crippen LogP contribution is 2.52. The largest absolute Gasteiger partial charge is 0.498 e. The quantitative estimate of drug-likeness (QED) is 0.283. The number of carboxylic acid groups (broad SMARTS) is 1. The van der Waals surface area contributed by atoms with Crippen molar-refractivity contribution in [3.05, 3.63) is 0 Å². The van der Waals surface area contributed by atoms with Crippen molar-refractivity contribution < 1.29 is 66.7 Å². The van der Waals surface area contributed by atoms with Crippen molar-refractivity contribution in [2.24, 2.45) is 5.92 Å². The van der Waals surface area contributed by atoms with E-state index in [9.17, 15) is 62.2 Å². The number of nitrogens with zero attached hydrogens (tertiary/aromatic N) is 1. The van der Waals surface area contributed by atoms with E-state index in [1.165, 1.54) is 14.1 Å². The van der Waals surface area contributed by atoms with Gasteiger partial charge in [0.1, 0.15) is 0 Å². The molecule has 0 aliphatic heterocycles. The molecule has 0 spiro atoms. The average molecular weight is 502 g/mol. The molecular formula is C14H20F10N2O4S. The Morgan fingerprint density at radius 1 is 0.968 bits per heavy atom. The van der Waals surface area contributed by atoms with Gasteiger partial charge in [0.2, 0.25) is 10.0 Å². The Kier molecular flexibility index (Phi) is 9.22. The van der Waals surface area contributed by atoms with Crippen LogP contribution in [0.5, 0.6) is 0 Å². The number of alkyl halides is 10. The van der Waals surface area contributed by atoms with Crippen LogP contribution in [0.3, 0.4) is 0 Å². The van der Waals surface area contributed by atoms with Crippen molar-refractivity contribution in [1.29, 1.82) is 0 Å². The molecule has 1 N–H and O–H groups in total. The van der Waals surface area contributed by atoms with Crippen LogP contribution in [-0.4, -0.2) is 76.1 Å². The predicted molar refractivity (Wildman–Crippen MR) is 83.5 cm³/mol. The van der Waals surface area contributed by atoms with Gasteiger partial charge in [0, 0.05) is 19.4 Å². The van der Waals surface area contributed by atoms with Crippen LogP contribution in [0.1, 0.15) is 19.3 Å². The number of rotatable bonds is 10. The molecule has 0 saturated heterocycles. The van der Waals surface area contributed by atoms with Crippen LogP contribution in [0.15, 0.2) is 0 Å². The fraction of sp³-hybridized carbons (Fsp3) is 0.929. The molecule has 1 unspecified atom stereocenters. The van der Waals surface area contributed by atoms with E-state index in [2.05, 4.69) is 0 Å². The topological polar surface area (TPSA) is 86.3 Å². The summed E-state index contributed by atoms with van der Waals surface area (Å²) in [5, 5.41) is 10.8. The van der Waals surface area contributed by atoms with Gasteiger partial charge in [0.05, 0.1) is 32.3 Å². The Morgan fingerprint density at radius 3 is 1.77 bits per heavy atom. The summed E-state index contributed by atoms with van der Waals surface area (Å²) in [5.41, 5.74) is -6.19. The van der Waals surface area contributed by atoms with Gasteiger partial charge >= 0.3 is 18.5 Å². The standard InChI is InChI=1S/C14H20F10N2O4S/c1-26(2,10(27)28)6-3-5-25-31(29,30)7-4-9(12(16,17)18)8-11(15,13(19,20)21)14(22,23)24/h9,25H,3-8H2,1-2H3. The first kappa shape index (κ1) is 29.6. The molecule has 0 aliphatic rings. The molecule has 6 nitrogen and oxygen atoms in total. The van der Waals surface area contributed by atoms with E-state index < -0.39 is 75.9 Å². The van der Waals surface area contributed by atoms with Gasteiger partial charge in [-0.1, -0.05) is 0 Å². The van der Waals surface area contributed by atoms with Crippen molar-refractivity contribution >= 4 is 16.1 Å². The number of quaternary nitrogens is 1. The summed E-state index contributed by atoms with van der Waals surface area (Å²) in [4.78, 5) is 10.8. The molecule has 0 aliphatic carbocycles. The third-order valence-corrected chi connectivity index (χ3v) is 5.75. The van der Waals surface area contributed by atoms with Crippen LogP contribution < -0.4 is 9.83 Å². The Morgan fingerprint density at radius 2 is 1.42 bits per heavy atom. The fourth-order valence-electron chi connectivity index (χ4n) is 2.28. The van der Waals surface area contributed by atoms with Gasteiger partial charge in [0.25, 0.3) is 11.8 Å². The van der Waals surface area contributed by atoms with Crippen LogP contribution in [-0.2, 0) is 10.0 Å². The molecule has 0 saturated carbocycles. The number of carbonyl (C=O) groups is 1. The molecule has 0 fully saturated rings. The molecule has 0 rings (SSSR count). The van der Waals surface area contributed by atoms with Gasteiger partial charge in [-0.25, -0.2) is 17.5 Å². The lowest BCUT2D eigenvalue weighted by Gasteiger charge is -2.33. The van der Waals surface area contributed by atoms with E-state index in [4.69, 9.17) is 0 Å². The second kappa shape index (κ2) is 9.64. The van der Waals surface area contributed by atoms with Gasteiger partial charge in [-0.2, -0.15) is 39.5 Å². The monoisotopic (exact) mass is 502 g/mol. The second-order valence-electron chi connectivity index (χ2n) is 7.27. The molecule has 1 atom stereocenters. The number of sulfonamides is 1. The van der Waals surface area contributed by atoms with E-state index in [0.29, 0.717) is 0 Å². The Hall–Kier alpha value is -1.36. The number of carbonyl (C=O) groups excluding carboxylic acids is 1. The first-order valence-electron chi connectivity index (χ1n) is 8.37. The minimum absolute atomic E-state index is 0.140. The van der Waals surface area contributed by atoms with Crippen LogP contribution in [0.4, 0.5) is 48.7 Å². The molecule has 186 valence electrons. The van der Waals surface area contributed by atoms with Gasteiger partial charge in [-0.15, -0.1) is 0 Å². The molecule has 0 aromatic carbocycles. The lowest BCUT2D eigenvalue weighted by molar-refractivity contribution is -0.838. The minimum Gasteiger partial charge on any atom is -0.498 e. The zero-order valence-electron chi connectivity index (χ0n) is 16.1. The third-order valence-electron chi connectivity index (χ3n) is 4.33. The normalized spacial score (nSPS) is 15.7. The van der Waals surface area contributed by atoms with Gasteiger partial charge in [0.15, 0.2) is 0 Å². The van der Waals surface area contributed by atoms with Crippen molar-refractivity contribution in [3.63, 3.8) is 0 Å². The van der Waals surface area contributed by atoms with E-state index >= 15 is 0 Å². The smallest absolute Gasteiger partial charge is 0.431 e. The summed E-state index contributed by atoms with van der Waals surface area (Å²) >= 11 is 0. The minimum atomic E-state index is -6.71. The zero-order valence-corrected chi connectivity index (χ0v) is 16.9. The zero-order chi connectivity index (χ0) is 25.1. The maximum Gasteiger partial charge on any atom is 0.431 e. The Labute approximate surface area is 170 Å². The fourth-order valence-corrected chi connectivity index (χ4v) is 3.47. The Bertz CT molecular complexity index is 702. The average Bonchev–Trinajstić information content (AvgIpc) is 2.52. The maximum atomic E-state index is 13.7. The number of amides is 1. The summed E-state index contributed by atoms with van der Waals surface area (Å²) in [6, 6.07) is 0. The molecule has 31 heavy (non-hydrogen) atoms. The lowest BCUT2D eigenvalue weighted by Crippen LogP contribution is -2.55. The van der Waals surface area contributed by atoms with Crippen molar-refractivity contribution in [2.45, 2.75) is 43.5 Å². The van der Waals surface area contributed by atoms with Crippen LogP contribution >= 0.6 is 0 Å². The first-order chi connectivity index (χ1) is 13.5. The Balaban J connectivity index is 5.23. The van der Waals surface area contributed by atoms with Gasteiger partial charge < -0.3 is 9.90 Å². The van der Waals surface area contributed by atoms with Gasteiger partial charge in [-0.3, -0.25) is 4.48 Å². The number of hydrogen-bond acceptors (Lipinski definition) is 4. The highest BCUT2D eigenvalue weighted by molar-refractivity contribution is 7.89. The van der Waals surface area contributed by atoms with Crippen LogP contribution in [0, 0.1) is 5.92 Å². The summed E-state index contributed by atoms with van der Waals surface area (Å²) in [5.74, 6) is -5.10. The summed E-state index contributed by atoms with van der Waals surface area (Å²) in [6.07, 6.45) is -25.7. The SMILES string of the molecule is C[N+](C)(CCCNS(=O)(=O)CCC(CC(F)(C(F)(F)F)C(F)(F)F)C(F)(F)F)C(=O)[O-]. The molecular weight excluding hydrogens is 482 g/mol. The molecule has 1 amide bonds. The molecule has 0 aromatic rings. The van der Waals surface area contributed by atoms with E-state index in [0.717, 1.165) is 0 Å². The summed E-state index contributed by atoms with van der Waals surface area (Å²) < 4.78 is 152. The highest BCUT2D eigenvalue weighted by Gasteiger charge is 2.73. The van der Waals surface area contributed by atoms with E-state index in [1.54, 1.807) is 4.72 Å². The van der Waals surface area contributed by atoms with Crippen molar-refractivity contribution in [1.82, 2.24) is 4.72 Å². The van der Waals surface area contributed by atoms with E-state index in [1.807, 2.05) is 0 Å². The number of hydrogen-bond donors (Lipinski definition) is 1. The van der Waals surface area contributed by atoms with Crippen LogP contribution in [0.2, 0.25) is 0 Å². The maximum absolute atomic E-state index is 13.7. The van der Waals surface area contributed by atoms with E-state index in [-0.39, 0.29) is 13.0 Å². The number of halogens is 10. The summed E-state index contributed by atoms with van der Waals surface area (Å²) in [6.45, 7) is -0.649. The first-order valence-corrected chi connectivity index (χ1v) is 10.0. The van der Waals surface area contributed by atoms with Crippen LogP contribution in [0.25, 0.3) is 0 Å². The second-order valence-corrected chi connectivity index (χ2v) is 9.20. The molecule has 0 aromatic heterocycles. The van der Waals surface area contributed by atoms with Gasteiger partial charge in [-0.05, 0) is 6.42 Å². The summed E-state index contributed by atoms with van der Waals surface area (Å²) in [7, 11) is -2.21.